The highest BCUT2D eigenvalue weighted by molar-refractivity contribution is 5.87. The number of aryl methyl sites for hydroxylation is 1. The molecule has 3 rings (SSSR count). The zero-order valence-corrected chi connectivity index (χ0v) is 10.1. The molecule has 0 saturated carbocycles. The predicted molar refractivity (Wildman–Crippen MR) is 68.4 cm³/mol. The third-order valence-electron chi connectivity index (χ3n) is 2.85. The number of aromatic carboxylic acids is 1. The van der Waals surface area contributed by atoms with E-state index in [4.69, 9.17) is 5.11 Å². The van der Waals surface area contributed by atoms with Crippen LogP contribution in [0.1, 0.15) is 16.1 Å². The van der Waals surface area contributed by atoms with Gasteiger partial charge in [-0.3, -0.25) is 0 Å². The van der Waals surface area contributed by atoms with Crippen molar-refractivity contribution in [2.45, 2.75) is 6.92 Å². The molecule has 0 aliphatic carbocycles. The van der Waals surface area contributed by atoms with Crippen molar-refractivity contribution < 1.29 is 9.90 Å². The molecule has 0 atom stereocenters. The minimum atomic E-state index is -1.05. The Morgan fingerprint density at radius 3 is 2.58 bits per heavy atom. The molecule has 1 aromatic carbocycles. The zero-order valence-electron chi connectivity index (χ0n) is 10.1. The number of rotatable bonds is 2. The highest BCUT2D eigenvalue weighted by Gasteiger charge is 2.11. The van der Waals surface area contributed by atoms with Crippen molar-refractivity contribution in [3.05, 3.63) is 47.9 Å². The van der Waals surface area contributed by atoms with E-state index in [2.05, 4.69) is 15.1 Å². The summed E-state index contributed by atoms with van der Waals surface area (Å²) in [5.74, 6) is -0.692. The van der Waals surface area contributed by atoms with Crippen molar-refractivity contribution in [1.82, 2.24) is 19.7 Å². The fourth-order valence-corrected chi connectivity index (χ4v) is 1.92. The summed E-state index contributed by atoms with van der Waals surface area (Å²) in [7, 11) is 0. The number of nitrogens with zero attached hydrogens (tertiary/aromatic N) is 4. The van der Waals surface area contributed by atoms with E-state index < -0.39 is 5.97 Å². The van der Waals surface area contributed by atoms with Crippen LogP contribution in [0.3, 0.4) is 0 Å². The van der Waals surface area contributed by atoms with Crippen LogP contribution in [0, 0.1) is 6.92 Å². The summed E-state index contributed by atoms with van der Waals surface area (Å²) in [4.78, 5) is 18.8. The Kier molecular flexibility index (Phi) is 2.49. The van der Waals surface area contributed by atoms with Crippen molar-refractivity contribution in [1.29, 1.82) is 0 Å². The van der Waals surface area contributed by atoms with E-state index in [1.165, 1.54) is 12.4 Å². The van der Waals surface area contributed by atoms with Crippen LogP contribution in [0.2, 0.25) is 0 Å². The quantitative estimate of drug-likeness (QED) is 0.754. The van der Waals surface area contributed by atoms with Gasteiger partial charge in [-0.05, 0) is 13.0 Å². The van der Waals surface area contributed by atoms with E-state index in [0.29, 0.717) is 5.95 Å². The molecule has 0 amide bonds. The lowest BCUT2D eigenvalue weighted by Crippen LogP contribution is -2.05. The topological polar surface area (TPSA) is 80.9 Å². The average Bonchev–Trinajstić information content (AvgIpc) is 2.77. The lowest BCUT2D eigenvalue weighted by molar-refractivity contribution is 0.0696. The Morgan fingerprint density at radius 1 is 1.21 bits per heavy atom. The number of benzene rings is 1. The molecule has 19 heavy (non-hydrogen) atoms. The summed E-state index contributed by atoms with van der Waals surface area (Å²) in [6.07, 6.45) is 2.55. The molecule has 0 saturated heterocycles. The molecule has 2 heterocycles. The molecule has 3 aromatic rings. The van der Waals surface area contributed by atoms with Gasteiger partial charge in [0, 0.05) is 17.8 Å². The summed E-state index contributed by atoms with van der Waals surface area (Å²) in [6, 6.07) is 7.74. The molecule has 0 aliphatic heterocycles. The number of carboxylic acid groups (broad SMARTS) is 1. The number of carbonyl (C=O) groups is 1. The van der Waals surface area contributed by atoms with Crippen LogP contribution in [0.4, 0.5) is 0 Å². The van der Waals surface area contributed by atoms with E-state index in [1.54, 1.807) is 4.68 Å². The van der Waals surface area contributed by atoms with Crippen LogP contribution in [0.15, 0.2) is 36.7 Å². The Labute approximate surface area is 108 Å². The molecule has 0 spiro atoms. The molecule has 1 N–H and O–H groups in total. The number of hydrogen-bond acceptors (Lipinski definition) is 4. The summed E-state index contributed by atoms with van der Waals surface area (Å²) in [5, 5.41) is 14.2. The van der Waals surface area contributed by atoms with Gasteiger partial charge >= 0.3 is 5.97 Å². The molecule has 0 fully saturated rings. The van der Waals surface area contributed by atoms with Crippen LogP contribution in [0.5, 0.6) is 0 Å². The smallest absolute Gasteiger partial charge is 0.338 e. The first-order valence-electron chi connectivity index (χ1n) is 5.67. The van der Waals surface area contributed by atoms with Gasteiger partial charge in [-0.2, -0.15) is 9.78 Å². The van der Waals surface area contributed by atoms with Gasteiger partial charge in [0.05, 0.1) is 16.8 Å². The Bertz CT molecular complexity index is 762. The summed E-state index contributed by atoms with van der Waals surface area (Å²) in [5.41, 5.74) is 1.82. The van der Waals surface area contributed by atoms with E-state index in [0.717, 1.165) is 16.6 Å². The molecule has 2 aromatic heterocycles. The van der Waals surface area contributed by atoms with Gasteiger partial charge in [0.25, 0.3) is 5.95 Å². The normalized spacial score (nSPS) is 10.8. The van der Waals surface area contributed by atoms with E-state index in [9.17, 15) is 4.79 Å². The maximum atomic E-state index is 10.8. The monoisotopic (exact) mass is 254 g/mol. The second kappa shape index (κ2) is 4.16. The molecule has 0 radical (unpaired) electrons. The summed E-state index contributed by atoms with van der Waals surface area (Å²) in [6.45, 7) is 1.91. The minimum Gasteiger partial charge on any atom is -0.478 e. The largest absolute Gasteiger partial charge is 0.478 e. The average molecular weight is 254 g/mol. The number of hydrogen-bond donors (Lipinski definition) is 1. The molecule has 0 aliphatic rings. The highest BCUT2D eigenvalue weighted by atomic mass is 16.4. The molecular weight excluding hydrogens is 244 g/mol. The molecule has 0 unspecified atom stereocenters. The van der Waals surface area contributed by atoms with Gasteiger partial charge in [-0.25, -0.2) is 14.8 Å². The van der Waals surface area contributed by atoms with Gasteiger partial charge in [-0.15, -0.1) is 0 Å². The van der Waals surface area contributed by atoms with Gasteiger partial charge in [-0.1, -0.05) is 18.2 Å². The lowest BCUT2D eigenvalue weighted by atomic mass is 10.2. The van der Waals surface area contributed by atoms with Crippen molar-refractivity contribution in [3.63, 3.8) is 0 Å². The van der Waals surface area contributed by atoms with E-state index in [-0.39, 0.29) is 5.56 Å². The van der Waals surface area contributed by atoms with Gasteiger partial charge in [0.1, 0.15) is 0 Å². The maximum absolute atomic E-state index is 10.8. The SMILES string of the molecule is Cc1nn(-c2ncc(C(=O)O)cn2)c2ccccc12. The number of carboxylic acids is 1. The molecule has 94 valence electrons. The first-order valence-corrected chi connectivity index (χ1v) is 5.67. The fourth-order valence-electron chi connectivity index (χ4n) is 1.92. The highest BCUT2D eigenvalue weighted by Crippen LogP contribution is 2.19. The maximum Gasteiger partial charge on any atom is 0.338 e. The van der Waals surface area contributed by atoms with E-state index in [1.807, 2.05) is 31.2 Å². The lowest BCUT2D eigenvalue weighted by Gasteiger charge is -2.01. The second-order valence-electron chi connectivity index (χ2n) is 4.09. The van der Waals surface area contributed by atoms with Gasteiger partial charge in [0.15, 0.2) is 0 Å². The van der Waals surface area contributed by atoms with Crippen LogP contribution < -0.4 is 0 Å². The Hall–Kier alpha value is -2.76. The van der Waals surface area contributed by atoms with Crippen molar-refractivity contribution in [2.24, 2.45) is 0 Å². The van der Waals surface area contributed by atoms with Crippen molar-refractivity contribution >= 4 is 16.9 Å². The third kappa shape index (κ3) is 1.83. The second-order valence-corrected chi connectivity index (χ2v) is 4.09. The first-order chi connectivity index (χ1) is 9.16. The number of aromatic nitrogens is 4. The Balaban J connectivity index is 2.16. The third-order valence-corrected chi connectivity index (χ3v) is 2.85. The minimum absolute atomic E-state index is 0.0527. The van der Waals surface area contributed by atoms with Gasteiger partial charge in [0.2, 0.25) is 0 Å². The van der Waals surface area contributed by atoms with Gasteiger partial charge < -0.3 is 5.11 Å². The van der Waals surface area contributed by atoms with Crippen molar-refractivity contribution in [2.75, 3.05) is 0 Å². The summed E-state index contributed by atoms with van der Waals surface area (Å²) < 4.78 is 1.61. The predicted octanol–water partition coefficient (Wildman–Crippen LogP) is 1.82. The van der Waals surface area contributed by atoms with Crippen LogP contribution >= 0.6 is 0 Å². The standard InChI is InChI=1S/C13H10N4O2/c1-8-10-4-2-3-5-11(10)17(16-8)13-14-6-9(7-15-13)12(18)19/h2-7H,1H3,(H,18,19). The molecular formula is C13H10N4O2. The number of fused-ring (bicyclic) bond motifs is 1. The molecule has 6 nitrogen and oxygen atoms in total. The summed E-state index contributed by atoms with van der Waals surface area (Å²) >= 11 is 0. The van der Waals surface area contributed by atoms with Crippen LogP contribution in [0.25, 0.3) is 16.9 Å². The first kappa shape index (κ1) is 11.3. The zero-order chi connectivity index (χ0) is 13.4. The number of para-hydroxylation sites is 1. The Morgan fingerprint density at radius 2 is 1.89 bits per heavy atom. The van der Waals surface area contributed by atoms with Crippen LogP contribution in [-0.2, 0) is 0 Å². The van der Waals surface area contributed by atoms with Crippen LogP contribution in [-0.4, -0.2) is 30.8 Å². The fraction of sp³-hybridized carbons (Fsp3) is 0.0769. The van der Waals surface area contributed by atoms with E-state index >= 15 is 0 Å². The molecule has 0 bridgehead atoms. The van der Waals surface area contributed by atoms with Crippen molar-refractivity contribution in [3.8, 4) is 5.95 Å². The molecule has 6 heteroatoms.